The SMILES string of the molecule is CC(C)NCCc1nc2ncccc2n1C. The summed E-state index contributed by atoms with van der Waals surface area (Å²) in [4.78, 5) is 8.77. The highest BCUT2D eigenvalue weighted by atomic mass is 15.1. The first kappa shape index (κ1) is 11.1. The third-order valence-electron chi connectivity index (χ3n) is 2.65. The molecule has 2 aromatic heterocycles. The fourth-order valence-corrected chi connectivity index (χ4v) is 1.77. The first-order chi connectivity index (χ1) is 7.68. The van der Waals surface area contributed by atoms with E-state index in [1.165, 1.54) is 0 Å². The van der Waals surface area contributed by atoms with E-state index in [4.69, 9.17) is 0 Å². The maximum absolute atomic E-state index is 4.52. The molecule has 4 nitrogen and oxygen atoms in total. The van der Waals surface area contributed by atoms with Gasteiger partial charge in [-0.25, -0.2) is 9.97 Å². The quantitative estimate of drug-likeness (QED) is 0.846. The van der Waals surface area contributed by atoms with Crippen molar-refractivity contribution in [2.75, 3.05) is 6.54 Å². The Kier molecular flexibility index (Phi) is 3.19. The molecule has 0 saturated carbocycles. The molecule has 1 N–H and O–H groups in total. The normalized spacial score (nSPS) is 11.5. The Morgan fingerprint density at radius 3 is 2.94 bits per heavy atom. The Bertz CT molecular complexity index is 473. The lowest BCUT2D eigenvalue weighted by Crippen LogP contribution is -2.25. The van der Waals surface area contributed by atoms with Gasteiger partial charge in [0.2, 0.25) is 0 Å². The number of pyridine rings is 1. The number of hydrogen-bond donors (Lipinski definition) is 1. The van der Waals surface area contributed by atoms with E-state index in [2.05, 4.69) is 39.8 Å². The number of nitrogens with one attached hydrogen (secondary N) is 1. The summed E-state index contributed by atoms with van der Waals surface area (Å²) < 4.78 is 2.12. The zero-order valence-corrected chi connectivity index (χ0v) is 10.1. The summed E-state index contributed by atoms with van der Waals surface area (Å²) in [7, 11) is 2.04. The molecule has 0 atom stereocenters. The molecule has 0 aliphatic rings. The Morgan fingerprint density at radius 1 is 1.44 bits per heavy atom. The molecule has 0 amide bonds. The molecule has 2 heterocycles. The Morgan fingerprint density at radius 2 is 2.25 bits per heavy atom. The van der Waals surface area contributed by atoms with E-state index in [1.807, 2.05) is 13.1 Å². The van der Waals surface area contributed by atoms with Gasteiger partial charge in [0.1, 0.15) is 5.82 Å². The first-order valence-electron chi connectivity index (χ1n) is 5.68. The van der Waals surface area contributed by atoms with Crippen LogP contribution in [-0.4, -0.2) is 27.1 Å². The number of aromatic nitrogens is 3. The third-order valence-corrected chi connectivity index (χ3v) is 2.65. The molecule has 0 aliphatic heterocycles. The van der Waals surface area contributed by atoms with Crippen molar-refractivity contribution < 1.29 is 0 Å². The largest absolute Gasteiger partial charge is 0.330 e. The monoisotopic (exact) mass is 218 g/mol. The fourth-order valence-electron chi connectivity index (χ4n) is 1.77. The molecular weight excluding hydrogens is 200 g/mol. The molecule has 86 valence electrons. The number of aryl methyl sites for hydroxylation is 1. The summed E-state index contributed by atoms with van der Waals surface area (Å²) in [5.74, 6) is 1.09. The van der Waals surface area contributed by atoms with Crippen LogP contribution < -0.4 is 5.32 Å². The Balaban J connectivity index is 2.15. The van der Waals surface area contributed by atoms with Gasteiger partial charge in [-0.05, 0) is 12.1 Å². The molecule has 0 bridgehead atoms. The van der Waals surface area contributed by atoms with Gasteiger partial charge >= 0.3 is 0 Å². The molecule has 0 unspecified atom stereocenters. The van der Waals surface area contributed by atoms with Crippen molar-refractivity contribution in [3.63, 3.8) is 0 Å². The van der Waals surface area contributed by atoms with E-state index in [9.17, 15) is 0 Å². The van der Waals surface area contributed by atoms with E-state index < -0.39 is 0 Å². The average Bonchev–Trinajstić information content (AvgIpc) is 2.56. The topological polar surface area (TPSA) is 42.7 Å². The van der Waals surface area contributed by atoms with Gasteiger partial charge in [0, 0.05) is 32.3 Å². The molecular formula is C12H18N4. The highest BCUT2D eigenvalue weighted by Crippen LogP contribution is 2.11. The van der Waals surface area contributed by atoms with Crippen LogP contribution in [0.5, 0.6) is 0 Å². The molecule has 0 saturated heterocycles. The number of fused-ring (bicyclic) bond motifs is 1. The van der Waals surface area contributed by atoms with Gasteiger partial charge in [-0.3, -0.25) is 0 Å². The Hall–Kier alpha value is -1.42. The molecule has 16 heavy (non-hydrogen) atoms. The van der Waals surface area contributed by atoms with E-state index in [-0.39, 0.29) is 0 Å². The first-order valence-corrected chi connectivity index (χ1v) is 5.68. The second-order valence-electron chi connectivity index (χ2n) is 4.29. The number of hydrogen-bond acceptors (Lipinski definition) is 3. The van der Waals surface area contributed by atoms with E-state index >= 15 is 0 Å². The van der Waals surface area contributed by atoms with Gasteiger partial charge in [0.15, 0.2) is 5.65 Å². The van der Waals surface area contributed by atoms with Crippen LogP contribution in [0.15, 0.2) is 18.3 Å². The van der Waals surface area contributed by atoms with Crippen LogP contribution in [0.1, 0.15) is 19.7 Å². The molecule has 0 radical (unpaired) electrons. The summed E-state index contributed by atoms with van der Waals surface area (Å²) >= 11 is 0. The summed E-state index contributed by atoms with van der Waals surface area (Å²) in [6, 6.07) is 4.52. The predicted octanol–water partition coefficient (Wildman–Crippen LogP) is 1.51. The van der Waals surface area contributed by atoms with Crippen LogP contribution in [0.3, 0.4) is 0 Å². The minimum absolute atomic E-state index is 0.521. The second-order valence-corrected chi connectivity index (χ2v) is 4.29. The van der Waals surface area contributed by atoms with Crippen LogP contribution in [0.25, 0.3) is 11.2 Å². The summed E-state index contributed by atoms with van der Waals surface area (Å²) in [5, 5.41) is 3.39. The summed E-state index contributed by atoms with van der Waals surface area (Å²) in [6.45, 7) is 5.25. The van der Waals surface area contributed by atoms with Crippen LogP contribution in [0.2, 0.25) is 0 Å². The van der Waals surface area contributed by atoms with Gasteiger partial charge in [-0.15, -0.1) is 0 Å². The third kappa shape index (κ3) is 2.22. The zero-order valence-electron chi connectivity index (χ0n) is 10.1. The summed E-state index contributed by atoms with van der Waals surface area (Å²) in [6.07, 6.45) is 2.72. The maximum atomic E-state index is 4.52. The highest BCUT2D eigenvalue weighted by molar-refractivity contribution is 5.71. The lowest BCUT2D eigenvalue weighted by atomic mass is 10.3. The van der Waals surface area contributed by atoms with Gasteiger partial charge in [-0.1, -0.05) is 13.8 Å². The second kappa shape index (κ2) is 4.61. The smallest absolute Gasteiger partial charge is 0.177 e. The van der Waals surface area contributed by atoms with Crippen molar-refractivity contribution in [1.29, 1.82) is 0 Å². The van der Waals surface area contributed by atoms with E-state index in [0.29, 0.717) is 6.04 Å². The van der Waals surface area contributed by atoms with Gasteiger partial charge in [0.05, 0.1) is 5.52 Å². The van der Waals surface area contributed by atoms with E-state index in [1.54, 1.807) is 6.20 Å². The van der Waals surface area contributed by atoms with Crippen LogP contribution in [0, 0.1) is 0 Å². The van der Waals surface area contributed by atoms with Crippen molar-refractivity contribution >= 4 is 11.2 Å². The van der Waals surface area contributed by atoms with Crippen LogP contribution in [-0.2, 0) is 13.5 Å². The average molecular weight is 218 g/mol. The molecule has 0 aromatic carbocycles. The summed E-state index contributed by atoms with van der Waals surface area (Å²) in [5.41, 5.74) is 1.94. The zero-order chi connectivity index (χ0) is 11.5. The number of rotatable bonds is 4. The van der Waals surface area contributed by atoms with Crippen LogP contribution >= 0.6 is 0 Å². The van der Waals surface area contributed by atoms with Crippen molar-refractivity contribution in [2.24, 2.45) is 7.05 Å². The van der Waals surface area contributed by atoms with Gasteiger partial charge in [-0.2, -0.15) is 0 Å². The fraction of sp³-hybridized carbons (Fsp3) is 0.500. The molecule has 0 spiro atoms. The number of nitrogens with zero attached hydrogens (tertiary/aromatic N) is 3. The lowest BCUT2D eigenvalue weighted by Gasteiger charge is -2.07. The molecule has 0 aliphatic carbocycles. The minimum atomic E-state index is 0.521. The van der Waals surface area contributed by atoms with Gasteiger partial charge in [0.25, 0.3) is 0 Å². The lowest BCUT2D eigenvalue weighted by molar-refractivity contribution is 0.578. The number of imidazole rings is 1. The van der Waals surface area contributed by atoms with Crippen molar-refractivity contribution in [1.82, 2.24) is 19.9 Å². The van der Waals surface area contributed by atoms with Crippen molar-refractivity contribution in [2.45, 2.75) is 26.3 Å². The van der Waals surface area contributed by atoms with E-state index in [0.717, 1.165) is 30.0 Å². The van der Waals surface area contributed by atoms with Gasteiger partial charge < -0.3 is 9.88 Å². The maximum Gasteiger partial charge on any atom is 0.177 e. The molecule has 0 fully saturated rings. The van der Waals surface area contributed by atoms with Crippen molar-refractivity contribution in [3.05, 3.63) is 24.2 Å². The Labute approximate surface area is 95.7 Å². The molecule has 2 aromatic rings. The molecule has 4 heteroatoms. The minimum Gasteiger partial charge on any atom is -0.330 e. The standard InChI is InChI=1S/C12H18N4/c1-9(2)13-8-6-11-15-12-10(16(11)3)5-4-7-14-12/h4-5,7,9,13H,6,8H2,1-3H3. The van der Waals surface area contributed by atoms with Crippen LogP contribution in [0.4, 0.5) is 0 Å². The molecule has 2 rings (SSSR count). The predicted molar refractivity (Wildman–Crippen MR) is 65.4 cm³/mol. The van der Waals surface area contributed by atoms with Crippen molar-refractivity contribution in [3.8, 4) is 0 Å². The highest BCUT2D eigenvalue weighted by Gasteiger charge is 2.07.